The van der Waals surface area contributed by atoms with Crippen LogP contribution in [0.15, 0.2) is 60.9 Å². The van der Waals surface area contributed by atoms with Gasteiger partial charge in [-0.15, -0.1) is 0 Å². The molecule has 8 nitrogen and oxygen atoms in total. The lowest BCUT2D eigenvalue weighted by molar-refractivity contribution is -0.127. The number of nitrogens with one attached hydrogen (secondary N) is 2. The Morgan fingerprint density at radius 1 is 1.12 bits per heavy atom. The Morgan fingerprint density at radius 2 is 1.94 bits per heavy atom. The van der Waals surface area contributed by atoms with Crippen LogP contribution in [0.2, 0.25) is 0 Å². The van der Waals surface area contributed by atoms with Gasteiger partial charge in [0.15, 0.2) is 11.6 Å². The van der Waals surface area contributed by atoms with Gasteiger partial charge in [0, 0.05) is 12.4 Å². The van der Waals surface area contributed by atoms with Crippen molar-refractivity contribution < 1.29 is 23.5 Å². The summed E-state index contributed by atoms with van der Waals surface area (Å²) >= 11 is 0. The number of nitrogens with zero attached hydrogens (tertiary/aromatic N) is 1. The van der Waals surface area contributed by atoms with Crippen LogP contribution in [-0.2, 0) is 9.59 Å². The molecule has 9 heteroatoms. The summed E-state index contributed by atoms with van der Waals surface area (Å²) in [5.41, 5.74) is 7.33. The van der Waals surface area contributed by atoms with Crippen molar-refractivity contribution in [1.82, 2.24) is 9.97 Å². The van der Waals surface area contributed by atoms with Gasteiger partial charge in [0.05, 0.1) is 18.2 Å². The maximum absolute atomic E-state index is 14.9. The van der Waals surface area contributed by atoms with Gasteiger partial charge >= 0.3 is 0 Å². The van der Waals surface area contributed by atoms with Crippen LogP contribution in [0, 0.1) is 12.7 Å². The molecule has 0 fully saturated rings. The molecule has 4 N–H and O–H groups in total. The minimum Gasteiger partial charge on any atom is -0.495 e. The van der Waals surface area contributed by atoms with Crippen molar-refractivity contribution in [2.45, 2.75) is 12.8 Å². The first-order valence-electron chi connectivity index (χ1n) is 10.0. The fraction of sp³-hybridized carbons (Fsp3) is 0.125. The normalized spacial score (nSPS) is 11.7. The molecule has 0 saturated heterocycles. The monoisotopic (exact) mass is 448 g/mol. The number of anilines is 1. The summed E-state index contributed by atoms with van der Waals surface area (Å²) in [6.07, 6.45) is 3.23. The fourth-order valence-corrected chi connectivity index (χ4v) is 3.53. The summed E-state index contributed by atoms with van der Waals surface area (Å²) in [4.78, 5) is 32.2. The summed E-state index contributed by atoms with van der Waals surface area (Å²) in [6.45, 7) is 1.78. The van der Waals surface area contributed by atoms with Gasteiger partial charge in [-0.05, 0) is 48.4 Å². The number of hydrogen-bond acceptors (Lipinski definition) is 5. The van der Waals surface area contributed by atoms with Crippen LogP contribution in [0.5, 0.6) is 17.2 Å². The van der Waals surface area contributed by atoms with Gasteiger partial charge in [-0.1, -0.05) is 18.2 Å². The predicted molar refractivity (Wildman–Crippen MR) is 121 cm³/mol. The number of amides is 2. The zero-order valence-electron chi connectivity index (χ0n) is 17.9. The minimum absolute atomic E-state index is 0.0725. The number of rotatable bonds is 7. The van der Waals surface area contributed by atoms with Crippen molar-refractivity contribution in [2.24, 2.45) is 5.73 Å². The Balaban J connectivity index is 1.61. The first-order valence-corrected chi connectivity index (χ1v) is 10.0. The van der Waals surface area contributed by atoms with E-state index < -0.39 is 23.5 Å². The molecule has 0 aliphatic heterocycles. The van der Waals surface area contributed by atoms with E-state index in [1.807, 2.05) is 0 Å². The van der Waals surface area contributed by atoms with Gasteiger partial charge < -0.3 is 25.5 Å². The van der Waals surface area contributed by atoms with E-state index in [1.54, 1.807) is 43.5 Å². The number of halogens is 1. The lowest BCUT2D eigenvalue weighted by Gasteiger charge is -2.18. The van der Waals surface area contributed by atoms with Gasteiger partial charge in [0.25, 0.3) is 0 Å². The number of carbonyl (C=O) groups excluding carboxylic acids is 2. The summed E-state index contributed by atoms with van der Waals surface area (Å²) in [5.74, 6) is -3.03. The van der Waals surface area contributed by atoms with Crippen LogP contribution in [0.1, 0.15) is 17.0 Å². The van der Waals surface area contributed by atoms with Crippen molar-refractivity contribution >= 4 is 28.5 Å². The van der Waals surface area contributed by atoms with E-state index in [-0.39, 0.29) is 11.3 Å². The average Bonchev–Trinajstić information content (AvgIpc) is 3.27. The Labute approximate surface area is 188 Å². The van der Waals surface area contributed by atoms with Gasteiger partial charge in [0.1, 0.15) is 23.1 Å². The number of aryl methyl sites for hydroxylation is 1. The Kier molecular flexibility index (Phi) is 5.95. The quantitative estimate of drug-likeness (QED) is 0.369. The molecule has 0 aliphatic rings. The van der Waals surface area contributed by atoms with E-state index in [1.165, 1.54) is 25.4 Å². The van der Waals surface area contributed by atoms with Crippen LogP contribution in [0.25, 0.3) is 11.0 Å². The second kappa shape index (κ2) is 8.99. The van der Waals surface area contributed by atoms with Crippen LogP contribution >= 0.6 is 0 Å². The molecule has 168 valence electrons. The number of para-hydroxylation sites is 1. The van der Waals surface area contributed by atoms with Gasteiger partial charge in [-0.2, -0.15) is 0 Å². The lowest BCUT2D eigenvalue weighted by atomic mass is 9.96. The number of benzene rings is 2. The number of fused-ring (bicyclic) bond motifs is 1. The second-order valence-electron chi connectivity index (χ2n) is 7.32. The molecule has 33 heavy (non-hydrogen) atoms. The topological polar surface area (TPSA) is 119 Å². The first-order chi connectivity index (χ1) is 15.9. The van der Waals surface area contributed by atoms with Gasteiger partial charge in [-0.25, -0.2) is 9.37 Å². The Bertz CT molecular complexity index is 1350. The number of methoxy groups -OCH3 is 1. The number of carbonyl (C=O) groups is 2. The lowest BCUT2D eigenvalue weighted by Crippen LogP contribution is -2.33. The zero-order valence-corrected chi connectivity index (χ0v) is 17.9. The summed E-state index contributed by atoms with van der Waals surface area (Å²) in [5, 5.41) is 3.35. The first kappa shape index (κ1) is 21.8. The van der Waals surface area contributed by atoms with Crippen molar-refractivity contribution in [3.05, 3.63) is 77.9 Å². The third-order valence-corrected chi connectivity index (χ3v) is 5.18. The maximum Gasteiger partial charge on any atom is 0.241 e. The van der Waals surface area contributed by atoms with E-state index >= 15 is 0 Å². The molecule has 2 heterocycles. The van der Waals surface area contributed by atoms with E-state index in [0.29, 0.717) is 28.2 Å². The highest BCUT2D eigenvalue weighted by Gasteiger charge is 2.29. The zero-order chi connectivity index (χ0) is 23.5. The number of ether oxygens (including phenoxy) is 2. The minimum atomic E-state index is -1.42. The number of hydrogen-bond donors (Lipinski definition) is 3. The van der Waals surface area contributed by atoms with Crippen LogP contribution in [0.4, 0.5) is 10.1 Å². The van der Waals surface area contributed by atoms with Crippen LogP contribution in [-0.4, -0.2) is 28.9 Å². The van der Waals surface area contributed by atoms with E-state index in [9.17, 15) is 14.0 Å². The second-order valence-corrected chi connectivity index (χ2v) is 7.32. The van der Waals surface area contributed by atoms with Crippen LogP contribution < -0.4 is 20.5 Å². The van der Waals surface area contributed by atoms with Crippen molar-refractivity contribution in [2.75, 3.05) is 12.4 Å². The molecule has 2 amide bonds. The number of pyridine rings is 1. The number of nitrogens with two attached hydrogens (primary N) is 1. The molecular formula is C24H21FN4O4. The van der Waals surface area contributed by atoms with Crippen molar-refractivity contribution in [1.29, 1.82) is 0 Å². The Hall–Kier alpha value is -4.40. The predicted octanol–water partition coefficient (Wildman–Crippen LogP) is 4.02. The average molecular weight is 448 g/mol. The molecule has 4 rings (SSSR count). The maximum atomic E-state index is 14.9. The molecule has 0 aliphatic carbocycles. The molecule has 1 unspecified atom stereocenters. The molecule has 2 aromatic carbocycles. The molecule has 2 aromatic heterocycles. The largest absolute Gasteiger partial charge is 0.495 e. The van der Waals surface area contributed by atoms with Gasteiger partial charge in [-0.3, -0.25) is 9.59 Å². The fourth-order valence-electron chi connectivity index (χ4n) is 3.53. The van der Waals surface area contributed by atoms with E-state index in [0.717, 1.165) is 11.6 Å². The molecular weight excluding hydrogens is 427 g/mol. The summed E-state index contributed by atoms with van der Waals surface area (Å²) in [6, 6.07) is 12.4. The summed E-state index contributed by atoms with van der Waals surface area (Å²) < 4.78 is 25.9. The molecule has 1 atom stereocenters. The standard InChI is InChI=1S/C24H21FN4O4/c1-13-4-3-5-19(32-2)21(13)29-24(31)20(22(26)30)14-6-7-18(16(25)12-14)33-17-9-11-28-23-15(17)8-10-27-23/h3-12,20H,1-2H3,(H2,26,30)(H,27,28)(H,29,31). The highest BCUT2D eigenvalue weighted by atomic mass is 19.1. The SMILES string of the molecule is COc1cccc(C)c1NC(=O)C(C(N)=O)c1ccc(Oc2ccnc3[nH]ccc23)c(F)c1. The highest BCUT2D eigenvalue weighted by molar-refractivity contribution is 6.11. The Morgan fingerprint density at radius 3 is 2.67 bits per heavy atom. The molecule has 0 saturated carbocycles. The third kappa shape index (κ3) is 4.33. The number of H-pyrrole nitrogens is 1. The van der Waals surface area contributed by atoms with Gasteiger partial charge in [0.2, 0.25) is 11.8 Å². The van der Waals surface area contributed by atoms with Crippen molar-refractivity contribution in [3.63, 3.8) is 0 Å². The third-order valence-electron chi connectivity index (χ3n) is 5.18. The highest BCUT2D eigenvalue weighted by Crippen LogP contribution is 2.33. The number of primary amides is 1. The van der Waals surface area contributed by atoms with Crippen LogP contribution in [0.3, 0.4) is 0 Å². The number of aromatic nitrogens is 2. The molecule has 0 spiro atoms. The van der Waals surface area contributed by atoms with Crippen molar-refractivity contribution in [3.8, 4) is 17.2 Å². The number of aromatic amines is 1. The van der Waals surface area contributed by atoms with E-state index in [2.05, 4.69) is 15.3 Å². The summed E-state index contributed by atoms with van der Waals surface area (Å²) in [7, 11) is 1.47. The smallest absolute Gasteiger partial charge is 0.241 e. The molecule has 4 aromatic rings. The molecule has 0 radical (unpaired) electrons. The molecule has 0 bridgehead atoms. The van der Waals surface area contributed by atoms with E-state index in [4.69, 9.17) is 15.2 Å².